The number of rotatable bonds is 3. The van der Waals surface area contributed by atoms with Crippen LogP contribution in [-0.2, 0) is 30.3 Å². The molecule has 3 aliphatic carbocycles. The van der Waals surface area contributed by atoms with Gasteiger partial charge in [0, 0.05) is 0 Å². The first-order valence-electron chi connectivity index (χ1n) is 11.7. The Morgan fingerprint density at radius 2 is 1.42 bits per heavy atom. The maximum atomic E-state index is 2.65. The third-order valence-electron chi connectivity index (χ3n) is 8.43. The van der Waals surface area contributed by atoms with E-state index in [2.05, 4.69) is 90.9 Å². The molecular weight excluding hydrogens is 555 g/mol. The first-order chi connectivity index (χ1) is 14.7. The summed E-state index contributed by atoms with van der Waals surface area (Å²) in [6.45, 7) is 16.9. The molecule has 5 heteroatoms. The number of benzene rings is 2. The molecule has 2 aromatic rings. The smallest absolute Gasteiger partial charge is 1.00 e. The Morgan fingerprint density at radius 1 is 0.818 bits per heavy atom. The average Bonchev–Trinajstić information content (AvgIpc) is 3.38. The summed E-state index contributed by atoms with van der Waals surface area (Å²) >= 11 is -2.59. The summed E-state index contributed by atoms with van der Waals surface area (Å²) in [6, 6.07) is 13.9. The molecule has 0 fully saturated rings. The molecule has 0 spiro atoms. The first kappa shape index (κ1) is 27.1. The second-order valence-corrected chi connectivity index (χ2v) is 40.6. The summed E-state index contributed by atoms with van der Waals surface area (Å²) in [4.78, 5) is 0. The van der Waals surface area contributed by atoms with Gasteiger partial charge in [0.05, 0.1) is 0 Å². The van der Waals surface area contributed by atoms with Crippen molar-refractivity contribution >= 4 is 19.8 Å². The van der Waals surface area contributed by atoms with E-state index in [4.69, 9.17) is 0 Å². The van der Waals surface area contributed by atoms with Gasteiger partial charge in [-0.3, -0.25) is 0 Å². The fraction of sp³-hybridized carbons (Fsp3) is 0.357. The third kappa shape index (κ3) is 4.14. The van der Waals surface area contributed by atoms with E-state index in [0.717, 1.165) is 3.63 Å². The quantitative estimate of drug-likeness (QED) is 0.445. The summed E-state index contributed by atoms with van der Waals surface area (Å²) in [5.74, 6) is 0. The van der Waals surface area contributed by atoms with E-state index in [1.807, 2.05) is 0 Å². The molecule has 0 bridgehead atoms. The molecule has 2 aromatic carbocycles. The Balaban J connectivity index is 0.00000153. The van der Waals surface area contributed by atoms with E-state index in [-0.39, 0.29) is 24.8 Å². The maximum Gasteiger partial charge on any atom is -1.00 e. The van der Waals surface area contributed by atoms with Gasteiger partial charge in [-0.2, -0.15) is 0 Å². The van der Waals surface area contributed by atoms with Crippen LogP contribution in [0.15, 0.2) is 64.3 Å². The normalized spacial score (nSPS) is 19.8. The van der Waals surface area contributed by atoms with Gasteiger partial charge in [0.15, 0.2) is 0 Å². The Bertz CT molecular complexity index is 1290. The van der Waals surface area contributed by atoms with Gasteiger partial charge in [-0.1, -0.05) is 0 Å². The number of aryl methyl sites for hydroxylation is 1. The van der Waals surface area contributed by atoms with E-state index in [9.17, 15) is 0 Å². The van der Waals surface area contributed by atoms with E-state index in [1.54, 1.807) is 55.7 Å². The average molecular weight is 589 g/mol. The number of allylic oxidation sites excluding steroid dienone is 5. The molecule has 0 saturated carbocycles. The largest absolute Gasteiger partial charge is 1.00 e. The number of fused-ring (bicyclic) bond motifs is 2. The molecule has 0 radical (unpaired) electrons. The van der Waals surface area contributed by atoms with Gasteiger partial charge in [0.25, 0.3) is 0 Å². The standard InChI is InChI=1S/C19H17.C9H13.2ClH.2H2Si.Zr/c1-13-10-16-12-15-8-5-9-17(15)19(18(16)11-13)14-6-3-2-4-7-14;1-6-5-7(2)9(4)8(6)3;;;;;/h2-4,6-7,10-12H,5,8-9H2,1H3;5H,1-4H3;2*1H;2*1H2;/q;;;;;;-2/p-2. The minimum Gasteiger partial charge on any atom is -1.00 e. The molecule has 0 aliphatic heterocycles. The summed E-state index contributed by atoms with van der Waals surface area (Å²) in [5.41, 5.74) is 17.6. The topological polar surface area (TPSA) is 0 Å². The van der Waals surface area contributed by atoms with E-state index >= 15 is 0 Å². The van der Waals surface area contributed by atoms with Gasteiger partial charge in [-0.15, -0.1) is 0 Å². The van der Waals surface area contributed by atoms with Crippen LogP contribution in [-0.4, -0.2) is 13.8 Å². The van der Waals surface area contributed by atoms with Crippen molar-refractivity contribution in [1.29, 1.82) is 0 Å². The molecule has 1 atom stereocenters. The second kappa shape index (κ2) is 9.90. The van der Waals surface area contributed by atoms with Crippen LogP contribution in [0.1, 0.15) is 66.9 Å². The molecule has 0 amide bonds. The number of halogens is 2. The zero-order valence-corrected chi connectivity index (χ0v) is 27.3. The molecule has 5 rings (SSSR count). The van der Waals surface area contributed by atoms with Crippen LogP contribution in [0.3, 0.4) is 0 Å². The molecule has 0 saturated heterocycles. The predicted molar refractivity (Wildman–Crippen MR) is 138 cm³/mol. The fourth-order valence-corrected chi connectivity index (χ4v) is 31.1. The molecule has 0 heterocycles. The van der Waals surface area contributed by atoms with E-state index < -0.39 is 17.5 Å². The van der Waals surface area contributed by atoms with Crippen LogP contribution in [0.4, 0.5) is 0 Å². The fourth-order valence-electron chi connectivity index (χ4n) is 6.81. The van der Waals surface area contributed by atoms with Gasteiger partial charge >= 0.3 is 196 Å². The van der Waals surface area contributed by atoms with Gasteiger partial charge < -0.3 is 24.8 Å². The van der Waals surface area contributed by atoms with E-state index in [0.29, 0.717) is 3.63 Å². The van der Waals surface area contributed by atoms with Crippen molar-refractivity contribution in [1.82, 2.24) is 0 Å². The molecule has 176 valence electrons. The van der Waals surface area contributed by atoms with Crippen molar-refractivity contribution in [2.24, 2.45) is 0 Å². The predicted octanol–water partition coefficient (Wildman–Crippen LogP) is 0.0333. The second-order valence-electron chi connectivity index (χ2n) is 10.2. The van der Waals surface area contributed by atoms with Crippen molar-refractivity contribution in [2.45, 2.75) is 61.1 Å². The summed E-state index contributed by atoms with van der Waals surface area (Å²) in [6.07, 6.45) is 6.40. The monoisotopic (exact) mass is 586 g/mol. The van der Waals surface area contributed by atoms with Crippen LogP contribution < -0.4 is 24.8 Å². The molecular formula is C28H34Cl2Si2Zr-4. The summed E-state index contributed by atoms with van der Waals surface area (Å²) in [7, 11) is 0. The van der Waals surface area contributed by atoms with Crippen molar-refractivity contribution in [3.63, 3.8) is 0 Å². The van der Waals surface area contributed by atoms with Crippen LogP contribution in [0.25, 0.3) is 17.2 Å². The molecule has 3 aliphatic rings. The Hall–Kier alpha value is -0.443. The Labute approximate surface area is 219 Å². The van der Waals surface area contributed by atoms with Crippen LogP contribution >= 0.6 is 0 Å². The summed E-state index contributed by atoms with van der Waals surface area (Å²) < 4.78 is 1.45. The number of hydrogen-bond donors (Lipinski definition) is 0. The van der Waals surface area contributed by atoms with Gasteiger partial charge in [-0.05, 0) is 0 Å². The van der Waals surface area contributed by atoms with Crippen molar-refractivity contribution in [3.05, 3.63) is 86.5 Å². The molecule has 33 heavy (non-hydrogen) atoms. The molecule has 0 aromatic heterocycles. The first-order valence-corrected chi connectivity index (χ1v) is 26.4. The minimum atomic E-state index is -2.59. The third-order valence-corrected chi connectivity index (χ3v) is 27.8. The minimum absolute atomic E-state index is 0. The SMILES string of the molecule is CC1=Cc2c(cc3c(c2-c2ccccc2)CCC3)[CH]1[Zr-2](=[SiH2])(=[SiH2])[CH]1C(C)=C(C)C(C)=C1C.[Cl-].[Cl-]. The van der Waals surface area contributed by atoms with Crippen molar-refractivity contribution in [3.8, 4) is 11.1 Å². The number of hydrogen-bond acceptors (Lipinski definition) is 0. The van der Waals surface area contributed by atoms with E-state index in [1.165, 1.54) is 24.8 Å². The van der Waals surface area contributed by atoms with Crippen molar-refractivity contribution < 1.29 is 42.3 Å². The van der Waals surface area contributed by atoms with Crippen LogP contribution in [0, 0.1) is 0 Å². The molecule has 0 nitrogen and oxygen atoms in total. The Morgan fingerprint density at radius 3 is 2.03 bits per heavy atom. The van der Waals surface area contributed by atoms with Crippen molar-refractivity contribution in [2.75, 3.05) is 0 Å². The van der Waals surface area contributed by atoms with Gasteiger partial charge in [0.1, 0.15) is 0 Å². The van der Waals surface area contributed by atoms with Crippen LogP contribution in [0.2, 0.25) is 3.63 Å². The molecule has 0 N–H and O–H groups in total. The zero-order chi connectivity index (χ0) is 22.1. The summed E-state index contributed by atoms with van der Waals surface area (Å²) in [5, 5.41) is 0. The zero-order valence-electron chi connectivity index (χ0n) is 20.5. The van der Waals surface area contributed by atoms with Gasteiger partial charge in [-0.25, -0.2) is 0 Å². The van der Waals surface area contributed by atoms with Crippen LogP contribution in [0.5, 0.6) is 0 Å². The Kier molecular flexibility index (Phi) is 8.14. The molecule has 1 unspecified atom stereocenters. The maximum absolute atomic E-state index is 2.65. The van der Waals surface area contributed by atoms with Gasteiger partial charge in [0.2, 0.25) is 0 Å².